The van der Waals surface area contributed by atoms with Crippen molar-refractivity contribution < 1.29 is 4.79 Å². The molecule has 29 heavy (non-hydrogen) atoms. The largest absolute Gasteiger partial charge is 0.337 e. The van der Waals surface area contributed by atoms with E-state index in [1.807, 2.05) is 82.5 Å². The molecule has 0 unspecified atom stereocenters. The van der Waals surface area contributed by atoms with Gasteiger partial charge in [-0.15, -0.1) is 0 Å². The van der Waals surface area contributed by atoms with Crippen molar-refractivity contribution in [1.82, 2.24) is 19.6 Å². The fraction of sp³-hybridized carbons (Fsp3) is 0.250. The van der Waals surface area contributed by atoms with Gasteiger partial charge in [0.05, 0.1) is 11.4 Å². The summed E-state index contributed by atoms with van der Waals surface area (Å²) in [7, 11) is 0. The van der Waals surface area contributed by atoms with Crippen LogP contribution < -0.4 is 0 Å². The molecule has 0 spiro atoms. The van der Waals surface area contributed by atoms with E-state index < -0.39 is 0 Å². The lowest BCUT2D eigenvalue weighted by atomic mass is 10.1. The molecule has 5 nitrogen and oxygen atoms in total. The molecule has 1 aliphatic rings. The van der Waals surface area contributed by atoms with Crippen molar-refractivity contribution in [3.05, 3.63) is 78.5 Å². The molecule has 0 atom stereocenters. The van der Waals surface area contributed by atoms with Crippen LogP contribution in [0.25, 0.3) is 23.0 Å². The van der Waals surface area contributed by atoms with Crippen molar-refractivity contribution in [2.24, 2.45) is 0 Å². The first-order valence-corrected chi connectivity index (χ1v) is 10.1. The third-order valence-electron chi connectivity index (χ3n) is 5.35. The summed E-state index contributed by atoms with van der Waals surface area (Å²) in [5, 5.41) is 4.80. The van der Waals surface area contributed by atoms with Gasteiger partial charge >= 0.3 is 0 Å². The number of para-hydroxylation sites is 1. The SMILES string of the molecule is CCN1CCN(C(=O)/C=C/c2cn(-c3ccccc3)nc2-c2ccccc2)CC1. The van der Waals surface area contributed by atoms with Crippen molar-refractivity contribution in [3.63, 3.8) is 0 Å². The number of hydrogen-bond donors (Lipinski definition) is 0. The molecule has 4 rings (SSSR count). The lowest BCUT2D eigenvalue weighted by Crippen LogP contribution is -2.48. The van der Waals surface area contributed by atoms with Crippen LogP contribution in [-0.2, 0) is 4.79 Å². The third-order valence-corrected chi connectivity index (χ3v) is 5.35. The molecule has 0 N–H and O–H groups in total. The van der Waals surface area contributed by atoms with E-state index in [9.17, 15) is 4.79 Å². The maximum atomic E-state index is 12.7. The molecule has 148 valence electrons. The Morgan fingerprint density at radius 1 is 0.966 bits per heavy atom. The van der Waals surface area contributed by atoms with E-state index in [0.29, 0.717) is 0 Å². The quantitative estimate of drug-likeness (QED) is 0.628. The Morgan fingerprint density at radius 3 is 2.28 bits per heavy atom. The summed E-state index contributed by atoms with van der Waals surface area (Å²) in [4.78, 5) is 17.0. The van der Waals surface area contributed by atoms with Gasteiger partial charge in [0.2, 0.25) is 5.91 Å². The molecule has 3 aromatic rings. The molecule has 1 amide bonds. The van der Waals surface area contributed by atoms with Crippen molar-refractivity contribution in [3.8, 4) is 16.9 Å². The number of hydrogen-bond acceptors (Lipinski definition) is 3. The number of amides is 1. The molecule has 1 saturated heterocycles. The van der Waals surface area contributed by atoms with E-state index in [4.69, 9.17) is 5.10 Å². The second-order valence-electron chi connectivity index (χ2n) is 7.17. The first-order chi connectivity index (χ1) is 14.2. The second-order valence-corrected chi connectivity index (χ2v) is 7.17. The predicted molar refractivity (Wildman–Crippen MR) is 117 cm³/mol. The minimum Gasteiger partial charge on any atom is -0.337 e. The highest BCUT2D eigenvalue weighted by atomic mass is 16.2. The van der Waals surface area contributed by atoms with Gasteiger partial charge in [0.15, 0.2) is 0 Å². The Labute approximate surface area is 171 Å². The van der Waals surface area contributed by atoms with Crippen LogP contribution in [0, 0.1) is 0 Å². The van der Waals surface area contributed by atoms with Gasteiger partial charge in [0.1, 0.15) is 0 Å². The summed E-state index contributed by atoms with van der Waals surface area (Å²) in [5.41, 5.74) is 3.83. The van der Waals surface area contributed by atoms with Gasteiger partial charge in [0.25, 0.3) is 0 Å². The van der Waals surface area contributed by atoms with E-state index in [-0.39, 0.29) is 5.91 Å². The van der Waals surface area contributed by atoms with E-state index in [0.717, 1.165) is 55.2 Å². The van der Waals surface area contributed by atoms with Gasteiger partial charge in [-0.3, -0.25) is 4.79 Å². The number of likely N-dealkylation sites (N-methyl/N-ethyl adjacent to an activating group) is 1. The standard InChI is InChI=1S/C24H26N4O/c1-2-26-15-17-27(18-16-26)23(29)14-13-21-19-28(22-11-7-4-8-12-22)25-24(21)20-9-5-3-6-10-20/h3-14,19H,2,15-18H2,1H3/b14-13+. The topological polar surface area (TPSA) is 41.4 Å². The van der Waals surface area contributed by atoms with Crippen LogP contribution in [0.15, 0.2) is 72.9 Å². The molecule has 0 saturated carbocycles. The van der Waals surface area contributed by atoms with Gasteiger partial charge in [-0.25, -0.2) is 4.68 Å². The van der Waals surface area contributed by atoms with Crippen molar-refractivity contribution in [2.75, 3.05) is 32.7 Å². The first-order valence-electron chi connectivity index (χ1n) is 10.1. The molecule has 0 aliphatic carbocycles. The van der Waals surface area contributed by atoms with E-state index in [1.165, 1.54) is 0 Å². The monoisotopic (exact) mass is 386 g/mol. The average molecular weight is 386 g/mol. The zero-order chi connectivity index (χ0) is 20.1. The molecule has 5 heteroatoms. The van der Waals surface area contributed by atoms with Crippen LogP contribution in [0.5, 0.6) is 0 Å². The number of rotatable bonds is 5. The fourth-order valence-corrected chi connectivity index (χ4v) is 3.59. The zero-order valence-electron chi connectivity index (χ0n) is 16.7. The third kappa shape index (κ3) is 4.46. The number of carbonyl (C=O) groups excluding carboxylic acids is 1. The Kier molecular flexibility index (Phi) is 5.86. The van der Waals surface area contributed by atoms with Crippen LogP contribution >= 0.6 is 0 Å². The van der Waals surface area contributed by atoms with Crippen molar-refractivity contribution in [1.29, 1.82) is 0 Å². The zero-order valence-corrected chi connectivity index (χ0v) is 16.7. The average Bonchev–Trinajstić information content (AvgIpc) is 3.23. The molecular formula is C24H26N4O. The summed E-state index contributed by atoms with van der Waals surface area (Å²) in [6.45, 7) is 6.65. The van der Waals surface area contributed by atoms with Crippen molar-refractivity contribution >= 4 is 12.0 Å². The Hall–Kier alpha value is -3.18. The summed E-state index contributed by atoms with van der Waals surface area (Å²) < 4.78 is 1.87. The van der Waals surface area contributed by atoms with Gasteiger partial charge in [-0.1, -0.05) is 55.5 Å². The maximum Gasteiger partial charge on any atom is 0.246 e. The lowest BCUT2D eigenvalue weighted by molar-refractivity contribution is -0.127. The summed E-state index contributed by atoms with van der Waals surface area (Å²) in [6.07, 6.45) is 5.56. The number of piperazine rings is 1. The first kappa shape index (κ1) is 19.2. The number of benzene rings is 2. The Morgan fingerprint density at radius 2 is 1.62 bits per heavy atom. The molecule has 0 radical (unpaired) electrons. The summed E-state index contributed by atoms with van der Waals surface area (Å²) >= 11 is 0. The van der Waals surface area contributed by atoms with Gasteiger partial charge in [0, 0.05) is 49.6 Å². The van der Waals surface area contributed by atoms with Gasteiger partial charge < -0.3 is 9.80 Å². The molecule has 2 aromatic carbocycles. The molecule has 2 heterocycles. The van der Waals surface area contributed by atoms with E-state index >= 15 is 0 Å². The number of aromatic nitrogens is 2. The fourth-order valence-electron chi connectivity index (χ4n) is 3.59. The van der Waals surface area contributed by atoms with Crippen LogP contribution in [0.1, 0.15) is 12.5 Å². The van der Waals surface area contributed by atoms with Crippen LogP contribution in [-0.4, -0.2) is 58.2 Å². The van der Waals surface area contributed by atoms with E-state index in [1.54, 1.807) is 6.08 Å². The minimum absolute atomic E-state index is 0.0622. The Balaban J connectivity index is 1.59. The molecule has 1 aliphatic heterocycles. The maximum absolute atomic E-state index is 12.7. The summed E-state index contributed by atoms with van der Waals surface area (Å²) in [6, 6.07) is 20.1. The highest BCUT2D eigenvalue weighted by Gasteiger charge is 2.18. The minimum atomic E-state index is 0.0622. The second kappa shape index (κ2) is 8.88. The normalized spacial score (nSPS) is 15.1. The highest BCUT2D eigenvalue weighted by Crippen LogP contribution is 2.24. The summed E-state index contributed by atoms with van der Waals surface area (Å²) in [5.74, 6) is 0.0622. The molecule has 0 bridgehead atoms. The molecule has 1 aromatic heterocycles. The molecular weight excluding hydrogens is 360 g/mol. The van der Waals surface area contributed by atoms with E-state index in [2.05, 4.69) is 11.8 Å². The molecule has 1 fully saturated rings. The van der Waals surface area contributed by atoms with Crippen molar-refractivity contribution in [2.45, 2.75) is 6.92 Å². The van der Waals surface area contributed by atoms with Gasteiger partial charge in [-0.05, 0) is 24.8 Å². The Bertz CT molecular complexity index is 971. The number of nitrogens with zero attached hydrogens (tertiary/aromatic N) is 4. The predicted octanol–water partition coefficient (Wildman–Crippen LogP) is 3.72. The highest BCUT2D eigenvalue weighted by molar-refractivity contribution is 5.93. The smallest absolute Gasteiger partial charge is 0.246 e. The van der Waals surface area contributed by atoms with Crippen LogP contribution in [0.3, 0.4) is 0 Å². The number of carbonyl (C=O) groups is 1. The van der Waals surface area contributed by atoms with Crippen LogP contribution in [0.2, 0.25) is 0 Å². The lowest BCUT2D eigenvalue weighted by Gasteiger charge is -2.33. The van der Waals surface area contributed by atoms with Gasteiger partial charge in [-0.2, -0.15) is 5.10 Å². The van der Waals surface area contributed by atoms with Crippen LogP contribution in [0.4, 0.5) is 0 Å².